The normalized spacial score (nSPS) is 21.2. The van der Waals surface area contributed by atoms with Crippen LogP contribution in [-0.2, 0) is 19.1 Å². The molecule has 1 aliphatic heterocycles. The number of halogens is 1. The molecule has 8 rings (SSSR count). The van der Waals surface area contributed by atoms with Crippen molar-refractivity contribution in [3.05, 3.63) is 128 Å². The topological polar surface area (TPSA) is 92.8 Å². The molecule has 1 heterocycles. The van der Waals surface area contributed by atoms with Crippen molar-refractivity contribution in [1.29, 1.82) is 0 Å². The summed E-state index contributed by atoms with van der Waals surface area (Å²) in [6.07, 6.45) is 0. The van der Waals surface area contributed by atoms with Crippen LogP contribution in [0.2, 0.25) is 0 Å². The molecule has 4 aliphatic rings. The third-order valence-corrected chi connectivity index (χ3v) is 10.00. The Morgan fingerprint density at radius 2 is 1.26 bits per heavy atom. The van der Waals surface area contributed by atoms with E-state index in [4.69, 9.17) is 4.74 Å². The average molecular weight is 636 g/mol. The van der Waals surface area contributed by atoms with Gasteiger partial charge in [0, 0.05) is 22.0 Å². The van der Waals surface area contributed by atoms with Crippen LogP contribution in [0.25, 0.3) is 0 Å². The first-order valence-electron chi connectivity index (χ1n) is 14.1. The number of carbonyl (C=O) groups excluding carboxylic acids is 4. The summed E-state index contributed by atoms with van der Waals surface area (Å²) in [5.74, 6) is -2.92. The van der Waals surface area contributed by atoms with Crippen LogP contribution < -0.4 is 10.2 Å². The van der Waals surface area contributed by atoms with E-state index in [-0.39, 0.29) is 29.2 Å². The number of nitrogens with one attached hydrogen (secondary N) is 1. The van der Waals surface area contributed by atoms with Gasteiger partial charge in [0.05, 0.1) is 23.1 Å². The Labute approximate surface area is 257 Å². The fourth-order valence-corrected chi connectivity index (χ4v) is 7.43. The summed E-state index contributed by atoms with van der Waals surface area (Å²) in [6, 6.07) is 26.0. The SMILES string of the molecule is Cc1c(Br)ccc(NC(=O)COC(=O)c2ccc(N3C(=O)[C@@H]4C5c6ccccc6C(c6ccccc65)[C@@H]4C3=O)cc2)c1C. The fraction of sp³-hybridized carbons (Fsp3) is 0.200. The molecule has 0 saturated carbocycles. The largest absolute Gasteiger partial charge is 0.452 e. The van der Waals surface area contributed by atoms with E-state index >= 15 is 0 Å². The van der Waals surface area contributed by atoms with Crippen LogP contribution in [0.5, 0.6) is 0 Å². The lowest BCUT2D eigenvalue weighted by molar-refractivity contribution is -0.122. The highest BCUT2D eigenvalue weighted by molar-refractivity contribution is 9.10. The Kier molecular flexibility index (Phi) is 6.54. The quantitative estimate of drug-likeness (QED) is 0.207. The minimum absolute atomic E-state index is 0.186. The van der Waals surface area contributed by atoms with Crippen LogP contribution in [-0.4, -0.2) is 30.3 Å². The molecule has 1 saturated heterocycles. The Bertz CT molecular complexity index is 1730. The van der Waals surface area contributed by atoms with E-state index < -0.39 is 30.3 Å². The van der Waals surface area contributed by atoms with Crippen molar-refractivity contribution in [3.8, 4) is 0 Å². The number of hydrogen-bond donors (Lipinski definition) is 1. The lowest BCUT2D eigenvalue weighted by Crippen LogP contribution is -2.41. The van der Waals surface area contributed by atoms with E-state index in [9.17, 15) is 19.2 Å². The van der Waals surface area contributed by atoms with Gasteiger partial charge in [-0.25, -0.2) is 9.69 Å². The fourth-order valence-electron chi connectivity index (χ4n) is 7.00. The Morgan fingerprint density at radius 1 is 0.744 bits per heavy atom. The zero-order valence-corrected chi connectivity index (χ0v) is 25.1. The maximum atomic E-state index is 13.9. The van der Waals surface area contributed by atoms with Crippen molar-refractivity contribution >= 4 is 51.0 Å². The van der Waals surface area contributed by atoms with Crippen molar-refractivity contribution in [3.63, 3.8) is 0 Å². The van der Waals surface area contributed by atoms with Crippen LogP contribution in [0.1, 0.15) is 55.6 Å². The van der Waals surface area contributed by atoms with Crippen molar-refractivity contribution in [2.75, 3.05) is 16.8 Å². The molecular weight excluding hydrogens is 608 g/mol. The maximum absolute atomic E-state index is 13.9. The third-order valence-electron chi connectivity index (χ3n) is 9.14. The summed E-state index contributed by atoms with van der Waals surface area (Å²) in [4.78, 5) is 54.3. The number of rotatable bonds is 5. The summed E-state index contributed by atoms with van der Waals surface area (Å²) in [7, 11) is 0. The Morgan fingerprint density at radius 3 is 1.77 bits per heavy atom. The van der Waals surface area contributed by atoms with Gasteiger partial charge in [-0.3, -0.25) is 14.4 Å². The van der Waals surface area contributed by atoms with Gasteiger partial charge in [0.25, 0.3) is 5.91 Å². The molecule has 4 aromatic carbocycles. The standard InChI is InChI=1S/C35H27BrN2O5/c1-18-19(2)27(16-15-26(18)36)37-28(39)17-43-35(42)20-11-13-21(14-12-20)38-33(40)31-29-22-7-3-4-8-23(22)30(32(31)34(38)41)25-10-6-5-9-24(25)29/h3-16,29-32H,17H2,1-2H3,(H,37,39)/t29?,30?,31-,32+. The van der Waals surface area contributed by atoms with Gasteiger partial charge in [-0.05, 0) is 83.6 Å². The molecule has 4 aromatic rings. The lowest BCUT2D eigenvalue weighted by Gasteiger charge is -2.45. The number of ether oxygens (including phenoxy) is 1. The smallest absolute Gasteiger partial charge is 0.338 e. The molecule has 3 amide bonds. The number of anilines is 2. The summed E-state index contributed by atoms with van der Waals surface area (Å²) < 4.78 is 6.18. The monoisotopic (exact) mass is 634 g/mol. The summed E-state index contributed by atoms with van der Waals surface area (Å²) in [5.41, 5.74) is 7.64. The van der Waals surface area contributed by atoms with E-state index in [2.05, 4.69) is 45.5 Å². The average Bonchev–Trinajstić information content (AvgIpc) is 3.30. The minimum atomic E-state index is -0.679. The first-order valence-corrected chi connectivity index (χ1v) is 14.9. The molecule has 1 N–H and O–H groups in total. The van der Waals surface area contributed by atoms with Crippen molar-refractivity contribution in [1.82, 2.24) is 0 Å². The van der Waals surface area contributed by atoms with Crippen LogP contribution >= 0.6 is 15.9 Å². The number of imide groups is 1. The number of hydrogen-bond acceptors (Lipinski definition) is 5. The first kappa shape index (κ1) is 27.3. The molecule has 43 heavy (non-hydrogen) atoms. The summed E-state index contributed by atoms with van der Waals surface area (Å²) in [5, 5.41) is 2.77. The predicted molar refractivity (Wildman–Crippen MR) is 165 cm³/mol. The molecule has 0 radical (unpaired) electrons. The van der Waals surface area contributed by atoms with Gasteiger partial charge in [0.2, 0.25) is 11.8 Å². The highest BCUT2D eigenvalue weighted by Crippen LogP contribution is 2.61. The zero-order valence-electron chi connectivity index (χ0n) is 23.5. The van der Waals surface area contributed by atoms with Crippen LogP contribution in [0.15, 0.2) is 89.4 Å². The van der Waals surface area contributed by atoms with Crippen molar-refractivity contribution in [2.45, 2.75) is 25.7 Å². The van der Waals surface area contributed by atoms with Gasteiger partial charge >= 0.3 is 5.97 Å². The van der Waals surface area contributed by atoms with E-state index in [1.54, 1.807) is 18.2 Å². The second-order valence-electron chi connectivity index (χ2n) is 11.3. The summed E-state index contributed by atoms with van der Waals surface area (Å²) in [6.45, 7) is 3.39. The second kappa shape index (κ2) is 10.3. The van der Waals surface area contributed by atoms with E-state index in [0.29, 0.717) is 11.4 Å². The molecule has 2 bridgehead atoms. The number of esters is 1. The Hall–Kier alpha value is -4.56. The predicted octanol–water partition coefficient (Wildman–Crippen LogP) is 6.26. The highest BCUT2D eigenvalue weighted by Gasteiger charge is 2.61. The number of amides is 3. The summed E-state index contributed by atoms with van der Waals surface area (Å²) >= 11 is 3.47. The van der Waals surface area contributed by atoms with Crippen molar-refractivity contribution < 1.29 is 23.9 Å². The molecule has 214 valence electrons. The van der Waals surface area contributed by atoms with Gasteiger partial charge < -0.3 is 10.1 Å². The maximum Gasteiger partial charge on any atom is 0.338 e. The van der Waals surface area contributed by atoms with E-state index in [1.165, 1.54) is 17.0 Å². The molecule has 3 aliphatic carbocycles. The Balaban J connectivity index is 1.08. The third kappa shape index (κ3) is 4.23. The second-order valence-corrected chi connectivity index (χ2v) is 12.1. The molecule has 0 aromatic heterocycles. The molecule has 0 unspecified atom stereocenters. The van der Waals surface area contributed by atoms with E-state index in [1.807, 2.05) is 44.2 Å². The number of carbonyl (C=O) groups is 4. The van der Waals surface area contributed by atoms with Crippen LogP contribution in [0.4, 0.5) is 11.4 Å². The zero-order chi connectivity index (χ0) is 30.0. The van der Waals surface area contributed by atoms with Gasteiger partial charge in [0.1, 0.15) is 0 Å². The van der Waals surface area contributed by atoms with Gasteiger partial charge in [0.15, 0.2) is 6.61 Å². The van der Waals surface area contributed by atoms with Crippen LogP contribution in [0, 0.1) is 25.7 Å². The van der Waals surface area contributed by atoms with Gasteiger partial charge in [-0.1, -0.05) is 64.5 Å². The van der Waals surface area contributed by atoms with Gasteiger partial charge in [-0.2, -0.15) is 0 Å². The first-order chi connectivity index (χ1) is 20.8. The van der Waals surface area contributed by atoms with Crippen LogP contribution in [0.3, 0.4) is 0 Å². The molecule has 2 atom stereocenters. The van der Waals surface area contributed by atoms with Crippen molar-refractivity contribution in [2.24, 2.45) is 11.8 Å². The lowest BCUT2D eigenvalue weighted by atomic mass is 9.55. The number of benzene rings is 4. The molecular formula is C35H27BrN2O5. The number of nitrogens with zero attached hydrogens (tertiary/aromatic N) is 1. The molecule has 0 spiro atoms. The van der Waals surface area contributed by atoms with Gasteiger partial charge in [-0.15, -0.1) is 0 Å². The molecule has 7 nitrogen and oxygen atoms in total. The minimum Gasteiger partial charge on any atom is -0.452 e. The van der Waals surface area contributed by atoms with E-state index in [0.717, 1.165) is 37.9 Å². The highest BCUT2D eigenvalue weighted by atomic mass is 79.9. The molecule has 1 fully saturated rings. The molecule has 8 heteroatoms.